The highest BCUT2D eigenvalue weighted by atomic mass is 32.2. The van der Waals surface area contributed by atoms with E-state index in [9.17, 15) is 13.2 Å². The Kier molecular flexibility index (Phi) is 5.39. The van der Waals surface area contributed by atoms with E-state index in [4.69, 9.17) is 0 Å². The van der Waals surface area contributed by atoms with Gasteiger partial charge in [0, 0.05) is 13.0 Å². The van der Waals surface area contributed by atoms with Crippen LogP contribution in [0, 0.1) is 0 Å². The molecule has 1 aromatic rings. The third-order valence-corrected chi connectivity index (χ3v) is 6.16. The van der Waals surface area contributed by atoms with Gasteiger partial charge in [0.05, 0.1) is 11.0 Å². The fourth-order valence-electron chi connectivity index (χ4n) is 2.57. The molecule has 4 nitrogen and oxygen atoms in total. The van der Waals surface area contributed by atoms with E-state index in [1.54, 1.807) is 6.92 Å². The van der Waals surface area contributed by atoms with Gasteiger partial charge in [0.1, 0.15) is 0 Å². The SMILES string of the molecule is CC1c2cccc(c2)CCCCCNC(=O)CCS1(=O)=O. The van der Waals surface area contributed by atoms with Gasteiger partial charge >= 0.3 is 0 Å². The molecule has 0 spiro atoms. The minimum absolute atomic E-state index is 0.0480. The fraction of sp³-hybridized carbons (Fsp3) is 0.562. The topological polar surface area (TPSA) is 63.2 Å². The molecule has 1 aliphatic heterocycles. The third-order valence-electron chi connectivity index (χ3n) is 4.04. The van der Waals surface area contributed by atoms with E-state index in [1.807, 2.05) is 18.2 Å². The van der Waals surface area contributed by atoms with Crippen LogP contribution in [-0.4, -0.2) is 26.6 Å². The van der Waals surface area contributed by atoms with Gasteiger partial charge in [0.15, 0.2) is 9.84 Å². The number of carbonyl (C=O) groups is 1. The largest absolute Gasteiger partial charge is 0.356 e. The van der Waals surface area contributed by atoms with E-state index in [1.165, 1.54) is 5.56 Å². The van der Waals surface area contributed by atoms with Gasteiger partial charge in [-0.3, -0.25) is 4.79 Å². The number of amides is 1. The van der Waals surface area contributed by atoms with Crippen LogP contribution in [0.4, 0.5) is 0 Å². The molecule has 0 radical (unpaired) electrons. The van der Waals surface area contributed by atoms with E-state index in [0.717, 1.165) is 31.2 Å². The average Bonchev–Trinajstić information content (AvgIpc) is 2.47. The lowest BCUT2D eigenvalue weighted by Crippen LogP contribution is -2.27. The molecule has 1 amide bonds. The second-order valence-corrected chi connectivity index (χ2v) is 8.11. The lowest BCUT2D eigenvalue weighted by molar-refractivity contribution is -0.120. The van der Waals surface area contributed by atoms with Crippen LogP contribution < -0.4 is 5.32 Å². The Labute approximate surface area is 126 Å². The quantitative estimate of drug-likeness (QED) is 0.800. The fourth-order valence-corrected chi connectivity index (χ4v) is 3.95. The van der Waals surface area contributed by atoms with Crippen LogP contribution >= 0.6 is 0 Å². The molecule has 2 bridgehead atoms. The smallest absolute Gasteiger partial charge is 0.221 e. The molecule has 2 rings (SSSR count). The summed E-state index contributed by atoms with van der Waals surface area (Å²) in [5.41, 5.74) is 2.01. The van der Waals surface area contributed by atoms with E-state index in [-0.39, 0.29) is 18.1 Å². The summed E-state index contributed by atoms with van der Waals surface area (Å²) >= 11 is 0. The van der Waals surface area contributed by atoms with Crippen molar-refractivity contribution in [2.75, 3.05) is 12.3 Å². The van der Waals surface area contributed by atoms with Crippen LogP contribution in [0.3, 0.4) is 0 Å². The van der Waals surface area contributed by atoms with Crippen LogP contribution in [0.25, 0.3) is 0 Å². The van der Waals surface area contributed by atoms with Crippen molar-refractivity contribution >= 4 is 15.7 Å². The van der Waals surface area contributed by atoms with Crippen LogP contribution in [0.2, 0.25) is 0 Å². The first-order chi connectivity index (χ1) is 9.99. The van der Waals surface area contributed by atoms with Crippen molar-refractivity contribution in [1.82, 2.24) is 5.32 Å². The highest BCUT2D eigenvalue weighted by molar-refractivity contribution is 7.91. The van der Waals surface area contributed by atoms with Crippen LogP contribution in [0.5, 0.6) is 0 Å². The van der Waals surface area contributed by atoms with Crippen LogP contribution in [-0.2, 0) is 21.1 Å². The summed E-state index contributed by atoms with van der Waals surface area (Å²) in [6, 6.07) is 7.83. The lowest BCUT2D eigenvalue weighted by atomic mass is 10.0. The maximum atomic E-state index is 12.3. The van der Waals surface area contributed by atoms with Gasteiger partial charge in [-0.1, -0.05) is 30.7 Å². The van der Waals surface area contributed by atoms with Crippen molar-refractivity contribution in [2.24, 2.45) is 0 Å². The molecule has 5 heteroatoms. The molecule has 0 saturated heterocycles. The molecular weight excluding hydrogens is 286 g/mol. The average molecular weight is 309 g/mol. The minimum atomic E-state index is -3.30. The summed E-state index contributed by atoms with van der Waals surface area (Å²) in [4.78, 5) is 11.6. The number of fused-ring (bicyclic) bond motifs is 2. The predicted molar refractivity (Wildman–Crippen MR) is 83.8 cm³/mol. The van der Waals surface area contributed by atoms with E-state index in [2.05, 4.69) is 11.4 Å². The Morgan fingerprint density at radius 1 is 1.14 bits per heavy atom. The molecule has 21 heavy (non-hydrogen) atoms. The van der Waals surface area contributed by atoms with Crippen molar-refractivity contribution in [1.29, 1.82) is 0 Å². The predicted octanol–water partition coefficient (Wildman–Crippen LogP) is 2.40. The van der Waals surface area contributed by atoms with Crippen molar-refractivity contribution in [2.45, 2.75) is 44.3 Å². The molecule has 0 saturated carbocycles. The minimum Gasteiger partial charge on any atom is -0.356 e. The van der Waals surface area contributed by atoms with E-state index < -0.39 is 15.1 Å². The molecule has 1 N–H and O–H groups in total. The van der Waals surface area contributed by atoms with Crippen molar-refractivity contribution < 1.29 is 13.2 Å². The van der Waals surface area contributed by atoms with Crippen LogP contribution in [0.15, 0.2) is 24.3 Å². The normalized spacial score (nSPS) is 23.9. The summed E-state index contributed by atoms with van der Waals surface area (Å²) in [5.74, 6) is -0.263. The molecule has 0 aromatic heterocycles. The molecule has 116 valence electrons. The second-order valence-electron chi connectivity index (χ2n) is 5.66. The number of rotatable bonds is 0. The first-order valence-corrected chi connectivity index (χ1v) is 9.28. The zero-order chi connectivity index (χ0) is 15.3. The van der Waals surface area contributed by atoms with Gasteiger partial charge in [0.25, 0.3) is 0 Å². The van der Waals surface area contributed by atoms with Crippen LogP contribution in [0.1, 0.15) is 49.0 Å². The molecule has 1 unspecified atom stereocenters. The molecule has 1 aliphatic rings. The molecule has 1 aromatic carbocycles. The number of benzene rings is 1. The molecular formula is C16H23NO3S. The number of nitrogens with one attached hydrogen (secondary N) is 1. The first-order valence-electron chi connectivity index (χ1n) is 7.56. The Balaban J connectivity index is 2.24. The molecule has 0 aliphatic carbocycles. The van der Waals surface area contributed by atoms with Gasteiger partial charge < -0.3 is 5.32 Å². The maximum absolute atomic E-state index is 12.3. The molecule has 1 heterocycles. The van der Waals surface area contributed by atoms with Gasteiger partial charge in [-0.15, -0.1) is 0 Å². The molecule has 1 atom stereocenters. The van der Waals surface area contributed by atoms with E-state index in [0.29, 0.717) is 6.54 Å². The summed E-state index contributed by atoms with van der Waals surface area (Å²) < 4.78 is 24.7. The Morgan fingerprint density at radius 3 is 2.76 bits per heavy atom. The first kappa shape index (κ1) is 16.0. The lowest BCUT2D eigenvalue weighted by Gasteiger charge is -2.15. The maximum Gasteiger partial charge on any atom is 0.221 e. The summed E-state index contributed by atoms with van der Waals surface area (Å²) in [6.45, 7) is 2.34. The zero-order valence-electron chi connectivity index (χ0n) is 12.5. The number of sulfone groups is 1. The number of hydrogen-bond donors (Lipinski definition) is 1. The third kappa shape index (κ3) is 4.56. The van der Waals surface area contributed by atoms with Gasteiger partial charge in [0.2, 0.25) is 5.91 Å². The monoisotopic (exact) mass is 309 g/mol. The van der Waals surface area contributed by atoms with E-state index >= 15 is 0 Å². The Hall–Kier alpha value is -1.36. The summed E-state index contributed by atoms with van der Waals surface area (Å²) in [5, 5.41) is 2.23. The Morgan fingerprint density at radius 2 is 1.95 bits per heavy atom. The van der Waals surface area contributed by atoms with Gasteiger partial charge in [-0.25, -0.2) is 8.42 Å². The van der Waals surface area contributed by atoms with Crippen molar-refractivity contribution in [3.05, 3.63) is 35.4 Å². The second kappa shape index (κ2) is 7.07. The highest BCUT2D eigenvalue weighted by Crippen LogP contribution is 2.24. The highest BCUT2D eigenvalue weighted by Gasteiger charge is 2.23. The number of carbonyl (C=O) groups excluding carboxylic acids is 1. The number of hydrogen-bond acceptors (Lipinski definition) is 3. The standard InChI is InChI=1S/C16H23NO3S/c1-13-15-8-5-7-14(12-15)6-3-2-4-10-17-16(18)9-11-21(13,19)20/h5,7-8,12-13H,2-4,6,9-11H2,1H3,(H,17,18). The Bertz CT molecular complexity index is 595. The van der Waals surface area contributed by atoms with Crippen molar-refractivity contribution in [3.8, 4) is 0 Å². The zero-order valence-corrected chi connectivity index (χ0v) is 13.3. The molecule has 0 fully saturated rings. The van der Waals surface area contributed by atoms with Gasteiger partial charge in [-0.05, 0) is 37.3 Å². The summed E-state index contributed by atoms with van der Waals surface area (Å²) in [7, 11) is -3.30. The number of aryl methyl sites for hydroxylation is 1. The van der Waals surface area contributed by atoms with Gasteiger partial charge in [-0.2, -0.15) is 0 Å². The summed E-state index contributed by atoms with van der Waals surface area (Å²) in [6.07, 6.45) is 4.06. The van der Waals surface area contributed by atoms with Crippen molar-refractivity contribution in [3.63, 3.8) is 0 Å².